The summed E-state index contributed by atoms with van der Waals surface area (Å²) < 4.78 is 7.29. The number of thiophene rings is 1. The molecule has 2 aliphatic rings. The number of ether oxygens (including phenoxy) is 1. The summed E-state index contributed by atoms with van der Waals surface area (Å²) in [5.41, 5.74) is 3.03. The van der Waals surface area contributed by atoms with Gasteiger partial charge in [-0.2, -0.15) is 0 Å². The van der Waals surface area contributed by atoms with Crippen molar-refractivity contribution in [1.29, 1.82) is 0 Å². The van der Waals surface area contributed by atoms with E-state index in [4.69, 9.17) is 4.74 Å². The summed E-state index contributed by atoms with van der Waals surface area (Å²) in [6, 6.07) is 14.7. The lowest BCUT2D eigenvalue weighted by atomic mass is 9.86. The van der Waals surface area contributed by atoms with Gasteiger partial charge in [-0.25, -0.2) is 0 Å². The van der Waals surface area contributed by atoms with Crippen LogP contribution < -0.4 is 0 Å². The van der Waals surface area contributed by atoms with Gasteiger partial charge in [-0.05, 0) is 60.5 Å². The molecular weight excluding hydrogens is 384 g/mol. The zero-order valence-electron chi connectivity index (χ0n) is 16.5. The Balaban J connectivity index is 1.56. The number of fused-ring (bicyclic) bond motifs is 1. The Bertz CT molecular complexity index is 1020. The van der Waals surface area contributed by atoms with E-state index >= 15 is 0 Å². The largest absolute Gasteiger partial charge is 0.508 e. The van der Waals surface area contributed by atoms with E-state index < -0.39 is 18.3 Å². The molecule has 3 aromatic rings. The van der Waals surface area contributed by atoms with Crippen LogP contribution in [0.25, 0.3) is 10.1 Å². The number of phenolic OH excluding ortho intramolecular Hbond substituents is 1. The van der Waals surface area contributed by atoms with Crippen LogP contribution in [-0.2, 0) is 10.2 Å². The maximum atomic E-state index is 10.7. The van der Waals surface area contributed by atoms with Gasteiger partial charge in [0.05, 0.1) is 24.9 Å². The third kappa shape index (κ3) is 3.26. The third-order valence-electron chi connectivity index (χ3n) is 6.46. The second-order valence-electron chi connectivity index (χ2n) is 8.51. The fourth-order valence-electron chi connectivity index (χ4n) is 4.78. The fourth-order valence-corrected chi connectivity index (χ4v) is 6.11. The molecule has 0 unspecified atom stereocenters. The molecule has 3 atom stereocenters. The van der Waals surface area contributed by atoms with Gasteiger partial charge in [-0.3, -0.25) is 0 Å². The van der Waals surface area contributed by atoms with Crippen molar-refractivity contribution in [2.24, 2.45) is 0 Å². The first-order valence-corrected chi connectivity index (χ1v) is 11.1. The van der Waals surface area contributed by atoms with Crippen LogP contribution in [0, 0.1) is 6.92 Å². The second-order valence-corrected chi connectivity index (χ2v) is 9.59. The Kier molecular flexibility index (Phi) is 4.67. The molecule has 1 saturated heterocycles. The molecule has 2 fully saturated rings. The summed E-state index contributed by atoms with van der Waals surface area (Å²) >= 11 is 1.85. The average molecular weight is 411 g/mol. The maximum absolute atomic E-state index is 10.7. The Morgan fingerprint density at radius 2 is 1.93 bits per heavy atom. The number of aromatic hydroxyl groups is 1. The number of phenols is 1. The number of rotatable bonds is 4. The minimum atomic E-state index is -0.535. The van der Waals surface area contributed by atoms with Gasteiger partial charge in [0, 0.05) is 33.4 Å². The molecule has 0 bridgehead atoms. The SMILES string of the molecule is Cc1cc(O)c([C@H]2C[C@@H](O)C[C@@H](CO)O2)cc1C1(c2cc3ccccc3s2)CC1. The average Bonchev–Trinajstić information content (AvgIpc) is 3.38. The van der Waals surface area contributed by atoms with Crippen molar-refractivity contribution in [1.82, 2.24) is 0 Å². The normalized spacial score (nSPS) is 26.0. The van der Waals surface area contributed by atoms with Crippen molar-refractivity contribution < 1.29 is 20.1 Å². The molecule has 0 radical (unpaired) electrons. The number of hydrogen-bond donors (Lipinski definition) is 3. The molecule has 0 amide bonds. The van der Waals surface area contributed by atoms with Crippen LogP contribution in [0.4, 0.5) is 0 Å². The third-order valence-corrected chi connectivity index (χ3v) is 7.78. The number of hydrogen-bond acceptors (Lipinski definition) is 5. The van der Waals surface area contributed by atoms with E-state index in [1.54, 1.807) is 0 Å². The highest BCUT2D eigenvalue weighted by molar-refractivity contribution is 7.19. The molecular formula is C24H26O4S. The zero-order chi connectivity index (χ0) is 20.2. The lowest BCUT2D eigenvalue weighted by molar-refractivity contribution is -0.114. The molecule has 152 valence electrons. The molecule has 1 saturated carbocycles. The van der Waals surface area contributed by atoms with Gasteiger partial charge in [0.1, 0.15) is 5.75 Å². The van der Waals surface area contributed by atoms with Crippen molar-refractivity contribution in [3.63, 3.8) is 0 Å². The topological polar surface area (TPSA) is 69.9 Å². The summed E-state index contributed by atoms with van der Waals surface area (Å²) in [5, 5.41) is 31.7. The van der Waals surface area contributed by atoms with Gasteiger partial charge in [-0.1, -0.05) is 18.2 Å². The quantitative estimate of drug-likeness (QED) is 0.589. The van der Waals surface area contributed by atoms with Crippen LogP contribution in [0.15, 0.2) is 42.5 Å². The van der Waals surface area contributed by atoms with E-state index in [2.05, 4.69) is 43.3 Å². The molecule has 2 heterocycles. The van der Waals surface area contributed by atoms with E-state index in [1.807, 2.05) is 17.4 Å². The minimum Gasteiger partial charge on any atom is -0.508 e. The van der Waals surface area contributed by atoms with E-state index in [0.29, 0.717) is 12.8 Å². The van der Waals surface area contributed by atoms with E-state index in [-0.39, 0.29) is 17.8 Å². The molecule has 5 heteroatoms. The Morgan fingerprint density at radius 3 is 2.66 bits per heavy atom. The lowest BCUT2D eigenvalue weighted by Gasteiger charge is -2.33. The maximum Gasteiger partial charge on any atom is 0.121 e. The summed E-state index contributed by atoms with van der Waals surface area (Å²) in [6.45, 7) is 1.93. The molecule has 1 aliphatic carbocycles. The zero-order valence-corrected chi connectivity index (χ0v) is 17.3. The standard InChI is InChI=1S/C24H26O4S/c1-14-8-20(27)18(21-11-16(26)10-17(13-25)28-21)12-19(14)24(6-7-24)23-9-15-4-2-3-5-22(15)29-23/h2-5,8-9,12,16-17,21,25-27H,6-7,10-11,13H2,1H3/t16-,17-,21+/m0/s1. The second kappa shape index (κ2) is 7.10. The van der Waals surface area contributed by atoms with Gasteiger partial charge in [0.2, 0.25) is 0 Å². The Morgan fingerprint density at radius 1 is 1.14 bits per heavy atom. The first-order chi connectivity index (χ1) is 14.0. The smallest absolute Gasteiger partial charge is 0.121 e. The van der Waals surface area contributed by atoms with Gasteiger partial charge in [0.25, 0.3) is 0 Å². The molecule has 29 heavy (non-hydrogen) atoms. The van der Waals surface area contributed by atoms with Crippen LogP contribution in [0.1, 0.15) is 53.4 Å². The van der Waals surface area contributed by atoms with Crippen LogP contribution in [-0.4, -0.2) is 34.1 Å². The summed E-state index contributed by atoms with van der Waals surface area (Å²) in [6.07, 6.45) is 1.71. The van der Waals surface area contributed by atoms with E-state index in [9.17, 15) is 15.3 Å². The van der Waals surface area contributed by atoms with Gasteiger partial charge >= 0.3 is 0 Å². The highest BCUT2D eigenvalue weighted by Crippen LogP contribution is 2.58. The first-order valence-electron chi connectivity index (χ1n) is 10.3. The minimum absolute atomic E-state index is 0.000116. The number of benzene rings is 2. The number of aliphatic hydroxyl groups excluding tert-OH is 2. The number of aliphatic hydroxyl groups is 2. The number of aryl methyl sites for hydroxylation is 1. The van der Waals surface area contributed by atoms with Crippen molar-refractivity contribution >= 4 is 21.4 Å². The van der Waals surface area contributed by atoms with Crippen molar-refractivity contribution in [2.45, 2.75) is 56.3 Å². The molecule has 4 nitrogen and oxygen atoms in total. The summed E-state index contributed by atoms with van der Waals surface area (Å²) in [4.78, 5) is 1.37. The molecule has 1 aliphatic heterocycles. The molecule has 1 aromatic heterocycles. The van der Waals surface area contributed by atoms with Crippen molar-refractivity contribution in [3.05, 3.63) is 64.0 Å². The van der Waals surface area contributed by atoms with Gasteiger partial charge < -0.3 is 20.1 Å². The van der Waals surface area contributed by atoms with E-state index in [1.165, 1.54) is 20.5 Å². The van der Waals surface area contributed by atoms with Crippen LogP contribution in [0.3, 0.4) is 0 Å². The fraction of sp³-hybridized carbons (Fsp3) is 0.417. The highest BCUT2D eigenvalue weighted by Gasteiger charge is 2.48. The van der Waals surface area contributed by atoms with Crippen molar-refractivity contribution in [3.8, 4) is 5.75 Å². The van der Waals surface area contributed by atoms with Crippen LogP contribution in [0.5, 0.6) is 5.75 Å². The van der Waals surface area contributed by atoms with Crippen LogP contribution >= 0.6 is 11.3 Å². The first kappa shape index (κ1) is 19.1. The van der Waals surface area contributed by atoms with E-state index in [0.717, 1.165) is 24.0 Å². The predicted octanol–water partition coefficient (Wildman–Crippen LogP) is 4.57. The van der Waals surface area contributed by atoms with Crippen molar-refractivity contribution in [2.75, 3.05) is 6.61 Å². The monoisotopic (exact) mass is 410 g/mol. The highest BCUT2D eigenvalue weighted by atomic mass is 32.1. The predicted molar refractivity (Wildman–Crippen MR) is 115 cm³/mol. The lowest BCUT2D eigenvalue weighted by Crippen LogP contribution is -2.33. The summed E-state index contributed by atoms with van der Waals surface area (Å²) in [7, 11) is 0. The molecule has 5 rings (SSSR count). The van der Waals surface area contributed by atoms with Crippen LogP contribution in [0.2, 0.25) is 0 Å². The van der Waals surface area contributed by atoms with Gasteiger partial charge in [0.15, 0.2) is 0 Å². The molecule has 3 N–H and O–H groups in total. The summed E-state index contributed by atoms with van der Waals surface area (Å²) in [5.74, 6) is 0.203. The molecule has 2 aromatic carbocycles. The Labute approximate surface area is 174 Å². The Hall–Kier alpha value is -1.92. The van der Waals surface area contributed by atoms with Gasteiger partial charge in [-0.15, -0.1) is 11.3 Å². The molecule has 0 spiro atoms.